The minimum atomic E-state index is -0.231. The fraction of sp³-hybridized carbons (Fsp3) is 0.500. The van der Waals surface area contributed by atoms with E-state index in [1.165, 1.54) is 11.1 Å². The van der Waals surface area contributed by atoms with Crippen molar-refractivity contribution in [2.45, 2.75) is 51.4 Å². The molecule has 0 aliphatic heterocycles. The average molecular weight is 418 g/mol. The quantitative estimate of drug-likeness (QED) is 0.466. The first-order valence-electron chi connectivity index (χ1n) is 8.68. The second-order valence-electron chi connectivity index (χ2n) is 8.10. The summed E-state index contributed by atoms with van der Waals surface area (Å²) < 4.78 is 0. The molecule has 3 unspecified atom stereocenters. The summed E-state index contributed by atoms with van der Waals surface area (Å²) >= 11 is 25.8. The van der Waals surface area contributed by atoms with E-state index in [9.17, 15) is 5.11 Å². The number of phenolic OH excluding ortho intramolecular Hbond substituents is 1. The Morgan fingerprint density at radius 3 is 2.56 bits per heavy atom. The lowest BCUT2D eigenvalue weighted by atomic mass is 9.52. The molecule has 0 aromatic heterocycles. The summed E-state index contributed by atoms with van der Waals surface area (Å²) in [6.45, 7) is 2.38. The van der Waals surface area contributed by atoms with E-state index in [0.717, 1.165) is 32.1 Å². The van der Waals surface area contributed by atoms with Crippen LogP contribution in [0.15, 0.2) is 38.3 Å². The van der Waals surface area contributed by atoms with Gasteiger partial charge in [-0.15, -0.1) is 0 Å². The second kappa shape index (κ2) is 6.09. The van der Waals surface area contributed by atoms with Gasteiger partial charge >= 0.3 is 0 Å². The molecule has 3 aliphatic carbocycles. The molecule has 3 atom stereocenters. The first kappa shape index (κ1) is 18.0. The molecule has 0 amide bonds. The second-order valence-corrected chi connectivity index (χ2v) is 9.69. The minimum absolute atomic E-state index is 0.231. The number of aromatic hydroxyl groups is 1. The van der Waals surface area contributed by atoms with Gasteiger partial charge in [0, 0.05) is 15.5 Å². The Morgan fingerprint density at radius 2 is 1.80 bits per heavy atom. The van der Waals surface area contributed by atoms with Gasteiger partial charge in [0.15, 0.2) is 0 Å². The zero-order chi connectivity index (χ0) is 18.0. The average Bonchev–Trinajstić information content (AvgIpc) is 2.59. The van der Waals surface area contributed by atoms with Crippen LogP contribution in [0.3, 0.4) is 0 Å². The van der Waals surface area contributed by atoms with Gasteiger partial charge in [0.25, 0.3) is 0 Å². The van der Waals surface area contributed by atoms with Crippen molar-refractivity contribution >= 4 is 46.4 Å². The molecule has 1 spiro atoms. The molecule has 1 aromatic carbocycles. The molecule has 0 heterocycles. The highest BCUT2D eigenvalue weighted by atomic mass is 35.5. The summed E-state index contributed by atoms with van der Waals surface area (Å²) in [5.74, 6) is 0.717. The Morgan fingerprint density at radius 1 is 1.04 bits per heavy atom. The molecule has 0 radical (unpaired) electrons. The van der Waals surface area contributed by atoms with Gasteiger partial charge in [-0.1, -0.05) is 59.4 Å². The number of phenols is 1. The number of allylic oxidation sites excluding steroid dienone is 4. The fourth-order valence-electron chi connectivity index (χ4n) is 5.05. The molecule has 5 heteroatoms. The molecule has 1 nitrogen and oxygen atoms in total. The van der Waals surface area contributed by atoms with Gasteiger partial charge in [-0.2, -0.15) is 0 Å². The van der Waals surface area contributed by atoms with E-state index in [1.807, 2.05) is 6.07 Å². The van der Waals surface area contributed by atoms with E-state index < -0.39 is 0 Å². The first-order chi connectivity index (χ1) is 11.8. The van der Waals surface area contributed by atoms with Crippen molar-refractivity contribution in [3.8, 4) is 5.75 Å². The number of halogens is 4. The first-order valence-corrected chi connectivity index (χ1v) is 10.2. The number of benzene rings is 1. The van der Waals surface area contributed by atoms with E-state index in [1.54, 1.807) is 6.07 Å². The van der Waals surface area contributed by atoms with Crippen LogP contribution in [0.4, 0.5) is 0 Å². The van der Waals surface area contributed by atoms with Gasteiger partial charge in [0.2, 0.25) is 0 Å². The third-order valence-corrected chi connectivity index (χ3v) is 8.66. The third-order valence-electron chi connectivity index (χ3n) is 6.66. The molecule has 1 fully saturated rings. The summed E-state index contributed by atoms with van der Waals surface area (Å²) in [7, 11) is 0. The van der Waals surface area contributed by atoms with E-state index in [4.69, 9.17) is 46.4 Å². The molecule has 0 bridgehead atoms. The Kier molecular flexibility index (Phi) is 4.40. The maximum absolute atomic E-state index is 9.85. The maximum atomic E-state index is 9.85. The lowest BCUT2D eigenvalue weighted by Gasteiger charge is -2.54. The lowest BCUT2D eigenvalue weighted by Crippen LogP contribution is -2.42. The van der Waals surface area contributed by atoms with E-state index in [2.05, 4.69) is 13.0 Å². The highest BCUT2D eigenvalue weighted by Crippen LogP contribution is 2.65. The predicted molar refractivity (Wildman–Crippen MR) is 106 cm³/mol. The summed E-state index contributed by atoms with van der Waals surface area (Å²) in [6.07, 6.45) is 5.77. The Balaban J connectivity index is 1.78. The fourth-order valence-corrected chi connectivity index (χ4v) is 6.31. The molecule has 1 N–H and O–H groups in total. The zero-order valence-corrected chi connectivity index (χ0v) is 17.0. The van der Waals surface area contributed by atoms with Crippen molar-refractivity contribution in [3.63, 3.8) is 0 Å². The van der Waals surface area contributed by atoms with Crippen molar-refractivity contribution in [1.29, 1.82) is 0 Å². The van der Waals surface area contributed by atoms with Crippen LogP contribution in [0.5, 0.6) is 5.75 Å². The van der Waals surface area contributed by atoms with Crippen molar-refractivity contribution < 1.29 is 5.11 Å². The van der Waals surface area contributed by atoms with Crippen LogP contribution < -0.4 is 0 Å². The number of aryl methyl sites for hydroxylation is 1. The van der Waals surface area contributed by atoms with Crippen LogP contribution in [0.25, 0.3) is 0 Å². The van der Waals surface area contributed by atoms with E-state index in [0.29, 0.717) is 38.2 Å². The van der Waals surface area contributed by atoms with Crippen LogP contribution in [-0.4, -0.2) is 5.11 Å². The van der Waals surface area contributed by atoms with Gasteiger partial charge in [-0.05, 0) is 73.1 Å². The zero-order valence-electron chi connectivity index (χ0n) is 14.0. The summed E-state index contributed by atoms with van der Waals surface area (Å²) in [4.78, 5) is 0. The van der Waals surface area contributed by atoms with Crippen LogP contribution >= 0.6 is 46.4 Å². The van der Waals surface area contributed by atoms with Crippen LogP contribution in [-0.2, 0) is 6.42 Å². The smallest absolute Gasteiger partial charge is 0.115 e. The standard InChI is InChI=1S/C20H20Cl4O/c1-19-5-4-11-8-12(25)2-3-13(11)14(19)9-20(7-6-19)10-15(21)16(22)17(23)18(20)24/h2-3,8,14,25H,4-7,9-10H2,1H3. The Hall–Kier alpha value is -0.340. The topological polar surface area (TPSA) is 20.2 Å². The monoisotopic (exact) mass is 416 g/mol. The van der Waals surface area contributed by atoms with Crippen molar-refractivity contribution in [3.05, 3.63) is 49.5 Å². The Labute approximate surface area is 168 Å². The molecule has 1 aromatic rings. The normalized spacial score (nSPS) is 35.0. The molecular weight excluding hydrogens is 398 g/mol. The van der Waals surface area contributed by atoms with E-state index >= 15 is 0 Å². The molecule has 3 aliphatic rings. The molecule has 0 saturated heterocycles. The van der Waals surface area contributed by atoms with Crippen LogP contribution in [0.2, 0.25) is 0 Å². The largest absolute Gasteiger partial charge is 0.508 e. The number of fused-ring (bicyclic) bond motifs is 3. The van der Waals surface area contributed by atoms with Gasteiger partial charge in [0.05, 0.1) is 10.1 Å². The third kappa shape index (κ3) is 2.74. The predicted octanol–water partition coefficient (Wildman–Crippen LogP) is 7.38. The van der Waals surface area contributed by atoms with Crippen molar-refractivity contribution in [2.24, 2.45) is 10.8 Å². The SMILES string of the molecule is CC12CCc3cc(O)ccc3C1CC1(CC2)CC(Cl)=C(Cl)C(Cl)=C1Cl. The van der Waals surface area contributed by atoms with Gasteiger partial charge in [-0.3, -0.25) is 0 Å². The van der Waals surface area contributed by atoms with Gasteiger partial charge in [-0.25, -0.2) is 0 Å². The lowest BCUT2D eigenvalue weighted by molar-refractivity contribution is 0.0733. The van der Waals surface area contributed by atoms with E-state index in [-0.39, 0.29) is 10.8 Å². The minimum Gasteiger partial charge on any atom is -0.508 e. The van der Waals surface area contributed by atoms with Gasteiger partial charge < -0.3 is 5.11 Å². The highest BCUT2D eigenvalue weighted by molar-refractivity contribution is 6.51. The highest BCUT2D eigenvalue weighted by Gasteiger charge is 2.52. The maximum Gasteiger partial charge on any atom is 0.115 e. The molecule has 4 rings (SSSR count). The van der Waals surface area contributed by atoms with Crippen molar-refractivity contribution in [2.75, 3.05) is 0 Å². The van der Waals surface area contributed by atoms with Crippen LogP contribution in [0, 0.1) is 10.8 Å². The van der Waals surface area contributed by atoms with Gasteiger partial charge in [0.1, 0.15) is 5.75 Å². The Bertz CT molecular complexity index is 812. The molecular formula is C20H20Cl4O. The van der Waals surface area contributed by atoms with Crippen LogP contribution in [0.1, 0.15) is 56.1 Å². The summed E-state index contributed by atoms with van der Waals surface area (Å²) in [5.41, 5.74) is 2.60. The van der Waals surface area contributed by atoms with Crippen molar-refractivity contribution in [1.82, 2.24) is 0 Å². The number of hydrogen-bond acceptors (Lipinski definition) is 1. The molecule has 134 valence electrons. The molecule has 1 saturated carbocycles. The molecule has 25 heavy (non-hydrogen) atoms. The number of hydrogen-bond donors (Lipinski definition) is 1. The number of rotatable bonds is 0. The summed E-state index contributed by atoms with van der Waals surface area (Å²) in [6, 6.07) is 5.78. The summed E-state index contributed by atoms with van der Waals surface area (Å²) in [5, 5.41) is 11.9.